The van der Waals surface area contributed by atoms with Crippen molar-refractivity contribution in [3.8, 4) is 0 Å². The normalized spacial score (nSPS) is 26.5. The minimum absolute atomic E-state index is 0.00257. The number of amides is 4. The zero-order valence-electron chi connectivity index (χ0n) is 15.9. The van der Waals surface area contributed by atoms with Crippen molar-refractivity contribution in [2.45, 2.75) is 37.0 Å². The Balaban J connectivity index is 1.76. The summed E-state index contributed by atoms with van der Waals surface area (Å²) in [4.78, 5) is 50.1. The molecule has 0 bridgehead atoms. The van der Waals surface area contributed by atoms with Crippen LogP contribution in [0.4, 0.5) is 0 Å². The number of carbonyl (C=O) groups excluding carboxylic acids is 4. The number of hydrogen-bond acceptors (Lipinski definition) is 6. The Morgan fingerprint density at radius 2 is 1.83 bits per heavy atom. The van der Waals surface area contributed by atoms with Crippen LogP contribution in [-0.4, -0.2) is 47.5 Å². The van der Waals surface area contributed by atoms with Crippen LogP contribution in [-0.2, 0) is 24.5 Å². The maximum Gasteiger partial charge on any atom is 0.278 e. The molecule has 0 spiro atoms. The second-order valence-electron chi connectivity index (χ2n) is 7.56. The second kappa shape index (κ2) is 6.71. The molecule has 1 aromatic carbocycles. The lowest BCUT2D eigenvalue weighted by Gasteiger charge is -2.29. The fraction of sp³-hybridized carbons (Fsp3) is 0.300. The van der Waals surface area contributed by atoms with Gasteiger partial charge in [0.2, 0.25) is 11.8 Å². The van der Waals surface area contributed by atoms with Crippen LogP contribution in [0.2, 0.25) is 0 Å². The number of imide groups is 2. The van der Waals surface area contributed by atoms with Crippen molar-refractivity contribution >= 4 is 33.7 Å². The maximum atomic E-state index is 13.0. The van der Waals surface area contributed by atoms with E-state index >= 15 is 0 Å². The Morgan fingerprint density at radius 3 is 2.43 bits per heavy atom. The molecule has 4 rings (SSSR count). The first-order valence-electron chi connectivity index (χ1n) is 9.24. The van der Waals surface area contributed by atoms with Crippen LogP contribution in [0.15, 0.2) is 42.0 Å². The summed E-state index contributed by atoms with van der Waals surface area (Å²) in [5.74, 6) is -2.64. The van der Waals surface area contributed by atoms with E-state index in [-0.39, 0.29) is 36.0 Å². The zero-order chi connectivity index (χ0) is 21.8. The molecule has 30 heavy (non-hydrogen) atoms. The second-order valence-corrected chi connectivity index (χ2v) is 9.24. The van der Waals surface area contributed by atoms with Crippen molar-refractivity contribution in [2.75, 3.05) is 0 Å². The highest BCUT2D eigenvalue weighted by molar-refractivity contribution is 7.87. The van der Waals surface area contributed by atoms with E-state index < -0.39 is 44.5 Å². The number of hydrogen-bond donors (Lipinski definition) is 2. The smallest absolute Gasteiger partial charge is 0.278 e. The quantitative estimate of drug-likeness (QED) is 0.540. The molecule has 0 saturated carbocycles. The van der Waals surface area contributed by atoms with E-state index in [9.17, 15) is 32.1 Å². The molecule has 3 aliphatic rings. The minimum Gasteiger partial charge on any atom is -0.295 e. The molecule has 0 radical (unpaired) electrons. The van der Waals surface area contributed by atoms with E-state index in [1.807, 2.05) is 0 Å². The first-order chi connectivity index (χ1) is 14.0. The summed E-state index contributed by atoms with van der Waals surface area (Å²) in [6, 6.07) is 2.86. The van der Waals surface area contributed by atoms with Crippen molar-refractivity contribution < 1.29 is 32.1 Å². The van der Waals surface area contributed by atoms with Gasteiger partial charge in [-0.1, -0.05) is 29.9 Å². The lowest BCUT2D eigenvalue weighted by Crippen LogP contribution is -2.54. The van der Waals surface area contributed by atoms with Crippen LogP contribution in [0.25, 0.3) is 0 Å². The molecule has 1 aromatic rings. The molecule has 2 heterocycles. The third-order valence-electron chi connectivity index (χ3n) is 5.73. The highest BCUT2D eigenvalue weighted by atomic mass is 32.2. The Hall–Kier alpha value is -3.11. The molecule has 1 fully saturated rings. The van der Waals surface area contributed by atoms with Crippen LogP contribution < -0.4 is 5.32 Å². The summed E-state index contributed by atoms with van der Waals surface area (Å²) in [6.45, 7) is 1.78. The topological polar surface area (TPSA) is 138 Å². The molecule has 1 aliphatic carbocycles. The van der Waals surface area contributed by atoms with Gasteiger partial charge in [-0.3, -0.25) is 33.9 Å². The van der Waals surface area contributed by atoms with Gasteiger partial charge in [0.15, 0.2) is 0 Å². The summed E-state index contributed by atoms with van der Waals surface area (Å²) in [6.07, 6.45) is 4.56. The van der Waals surface area contributed by atoms with E-state index in [2.05, 4.69) is 5.32 Å². The molecule has 2 unspecified atom stereocenters. The average Bonchev–Trinajstić information content (AvgIpc) is 2.92. The number of carbonyl (C=O) groups is 4. The SMILES string of the molecule is CC1=CCC(c2ccc3c(c2)C(=O)N(C2CCC(=O)NC2=O)C3=O)(S(=O)(=O)O)C=C1. The van der Waals surface area contributed by atoms with Crippen molar-refractivity contribution in [3.63, 3.8) is 0 Å². The zero-order valence-corrected chi connectivity index (χ0v) is 16.7. The number of rotatable bonds is 3. The summed E-state index contributed by atoms with van der Waals surface area (Å²) < 4.78 is 32.7. The molecule has 1 saturated heterocycles. The van der Waals surface area contributed by atoms with E-state index in [0.717, 1.165) is 10.5 Å². The van der Waals surface area contributed by atoms with Gasteiger partial charge in [0.05, 0.1) is 11.1 Å². The molecule has 0 aromatic heterocycles. The molecule has 2 aliphatic heterocycles. The molecule has 2 atom stereocenters. The lowest BCUT2D eigenvalue weighted by molar-refractivity contribution is -0.136. The first kappa shape index (κ1) is 20.2. The Bertz CT molecular complexity index is 1180. The molecule has 2 N–H and O–H groups in total. The molecular weight excluding hydrogens is 412 g/mol. The largest absolute Gasteiger partial charge is 0.295 e. The van der Waals surface area contributed by atoms with Crippen molar-refractivity contribution in [2.24, 2.45) is 0 Å². The van der Waals surface area contributed by atoms with Crippen molar-refractivity contribution in [3.05, 3.63) is 58.7 Å². The van der Waals surface area contributed by atoms with Gasteiger partial charge in [-0.15, -0.1) is 0 Å². The van der Waals surface area contributed by atoms with E-state index in [4.69, 9.17) is 0 Å². The Kier molecular flexibility index (Phi) is 4.51. The van der Waals surface area contributed by atoms with Gasteiger partial charge in [0, 0.05) is 6.42 Å². The predicted octanol–water partition coefficient (Wildman–Crippen LogP) is 1.08. The maximum absolute atomic E-state index is 13.0. The number of allylic oxidation sites excluding steroid dienone is 3. The molecular formula is C20H18N2O7S. The van der Waals surface area contributed by atoms with Gasteiger partial charge in [0.1, 0.15) is 10.8 Å². The summed E-state index contributed by atoms with van der Waals surface area (Å²) >= 11 is 0. The summed E-state index contributed by atoms with van der Waals surface area (Å²) in [5.41, 5.74) is 0.941. The van der Waals surface area contributed by atoms with Crippen LogP contribution in [0, 0.1) is 0 Å². The van der Waals surface area contributed by atoms with Gasteiger partial charge in [-0.2, -0.15) is 8.42 Å². The fourth-order valence-corrected chi connectivity index (χ4v) is 4.96. The first-order valence-corrected chi connectivity index (χ1v) is 10.7. The predicted molar refractivity (Wildman–Crippen MR) is 104 cm³/mol. The molecule has 156 valence electrons. The highest BCUT2D eigenvalue weighted by Gasteiger charge is 2.47. The monoisotopic (exact) mass is 430 g/mol. The molecule has 4 amide bonds. The third-order valence-corrected chi connectivity index (χ3v) is 7.19. The standard InChI is InChI=1S/C20H18N2O7S/c1-11-6-8-20(9-7-11,30(27,28)29)12-2-3-13-14(10-12)19(26)22(18(13)25)15-4-5-16(23)21-17(15)24/h2-3,6-8,10,15H,4-5,9H2,1H3,(H,21,23,24)(H,27,28,29). The minimum atomic E-state index is -4.60. The van der Waals surface area contributed by atoms with Crippen LogP contribution in [0.1, 0.15) is 52.5 Å². The fourth-order valence-electron chi connectivity index (χ4n) is 4.00. The molecule has 10 heteroatoms. The number of nitrogens with one attached hydrogen (secondary N) is 1. The van der Waals surface area contributed by atoms with Crippen LogP contribution in [0.5, 0.6) is 0 Å². The van der Waals surface area contributed by atoms with Crippen LogP contribution >= 0.6 is 0 Å². The number of fused-ring (bicyclic) bond motifs is 1. The van der Waals surface area contributed by atoms with E-state index in [1.165, 1.54) is 24.3 Å². The average molecular weight is 430 g/mol. The number of benzene rings is 1. The summed E-state index contributed by atoms with van der Waals surface area (Å²) in [7, 11) is -4.60. The van der Waals surface area contributed by atoms with E-state index in [1.54, 1.807) is 19.1 Å². The highest BCUT2D eigenvalue weighted by Crippen LogP contribution is 2.40. The van der Waals surface area contributed by atoms with Crippen molar-refractivity contribution in [1.82, 2.24) is 10.2 Å². The summed E-state index contributed by atoms with van der Waals surface area (Å²) in [5, 5.41) is 2.12. The number of piperidine rings is 1. The third kappa shape index (κ3) is 2.91. The Morgan fingerprint density at radius 1 is 1.13 bits per heavy atom. The Labute approximate surface area is 172 Å². The lowest BCUT2D eigenvalue weighted by atomic mass is 9.88. The number of nitrogens with zero attached hydrogens (tertiary/aromatic N) is 1. The van der Waals surface area contributed by atoms with Crippen molar-refractivity contribution in [1.29, 1.82) is 0 Å². The molecule has 9 nitrogen and oxygen atoms in total. The van der Waals surface area contributed by atoms with Gasteiger partial charge in [-0.25, -0.2) is 0 Å². The van der Waals surface area contributed by atoms with Crippen LogP contribution in [0.3, 0.4) is 0 Å². The van der Waals surface area contributed by atoms with Gasteiger partial charge < -0.3 is 0 Å². The van der Waals surface area contributed by atoms with Gasteiger partial charge in [-0.05, 0) is 37.5 Å². The van der Waals surface area contributed by atoms with Gasteiger partial charge >= 0.3 is 0 Å². The van der Waals surface area contributed by atoms with Gasteiger partial charge in [0.25, 0.3) is 21.9 Å². The van der Waals surface area contributed by atoms with E-state index in [0.29, 0.717) is 0 Å².